The lowest BCUT2D eigenvalue weighted by Crippen LogP contribution is -2.58. The van der Waals surface area contributed by atoms with E-state index in [1.54, 1.807) is 0 Å². The van der Waals surface area contributed by atoms with Gasteiger partial charge in [-0.25, -0.2) is 0 Å². The van der Waals surface area contributed by atoms with Crippen LogP contribution >= 0.6 is 0 Å². The summed E-state index contributed by atoms with van der Waals surface area (Å²) in [6.45, 7) is 9.44. The van der Waals surface area contributed by atoms with E-state index in [4.69, 9.17) is 0 Å². The average molecular weight is 493 g/mol. The smallest absolute Gasteiger partial charge is 0.117 e. The standard InChI is InChI=1S/C34H28N2Si/c1-21-12-16-29-32(18-21)37(3,4)33-19-22(2)13-17-30(33)35(29)23-14-15-25-27-10-7-9-26-24-8-5-6-11-28(24)36(34(26)27)31(25)20-23/h5-20H,1-4H3. The summed E-state index contributed by atoms with van der Waals surface area (Å²) in [6.07, 6.45) is 0. The third-order valence-corrected chi connectivity index (χ3v) is 12.1. The van der Waals surface area contributed by atoms with Crippen molar-refractivity contribution in [1.29, 1.82) is 0 Å². The van der Waals surface area contributed by atoms with Crippen LogP contribution < -0.4 is 15.3 Å². The van der Waals surface area contributed by atoms with Crippen molar-refractivity contribution in [2.75, 3.05) is 4.90 Å². The first-order valence-corrected chi connectivity index (χ1v) is 16.1. The molecule has 5 aromatic carbocycles. The van der Waals surface area contributed by atoms with E-state index in [1.807, 2.05) is 0 Å². The molecule has 2 aromatic heterocycles. The molecule has 0 amide bonds. The summed E-state index contributed by atoms with van der Waals surface area (Å²) in [5.74, 6) is 0. The number of hydrogen-bond donors (Lipinski definition) is 0. The molecule has 3 heterocycles. The average Bonchev–Trinajstić information content (AvgIpc) is 3.42. The van der Waals surface area contributed by atoms with Gasteiger partial charge in [-0.1, -0.05) is 91.0 Å². The predicted octanol–water partition coefficient (Wildman–Crippen LogP) is 8.06. The van der Waals surface area contributed by atoms with E-state index in [1.165, 1.54) is 76.7 Å². The van der Waals surface area contributed by atoms with Crippen LogP contribution in [0.3, 0.4) is 0 Å². The molecule has 7 aromatic rings. The van der Waals surface area contributed by atoms with Crippen LogP contribution in [0.2, 0.25) is 13.1 Å². The summed E-state index contributed by atoms with van der Waals surface area (Å²) in [5, 5.41) is 8.33. The highest BCUT2D eigenvalue weighted by molar-refractivity contribution is 7.02. The molecule has 0 fully saturated rings. The molecule has 2 nitrogen and oxygen atoms in total. The highest BCUT2D eigenvalue weighted by atomic mass is 28.3. The minimum atomic E-state index is -1.85. The Hall–Kier alpha value is -4.08. The highest BCUT2D eigenvalue weighted by Crippen LogP contribution is 2.43. The zero-order valence-corrected chi connectivity index (χ0v) is 22.6. The Morgan fingerprint density at radius 2 is 1.14 bits per heavy atom. The van der Waals surface area contributed by atoms with Gasteiger partial charge < -0.3 is 9.30 Å². The van der Waals surface area contributed by atoms with Crippen LogP contribution in [0.4, 0.5) is 17.1 Å². The molecule has 0 unspecified atom stereocenters. The van der Waals surface area contributed by atoms with Crippen molar-refractivity contribution in [3.05, 3.63) is 108 Å². The summed E-state index contributed by atoms with van der Waals surface area (Å²) < 4.78 is 2.48. The van der Waals surface area contributed by atoms with Crippen LogP contribution in [0, 0.1) is 13.8 Å². The number of aryl methyl sites for hydroxylation is 2. The fraction of sp³-hybridized carbons (Fsp3) is 0.118. The number of rotatable bonds is 1. The highest BCUT2D eigenvalue weighted by Gasteiger charge is 2.38. The molecule has 0 atom stereocenters. The second kappa shape index (κ2) is 7.02. The Labute approximate surface area is 217 Å². The Morgan fingerprint density at radius 1 is 0.541 bits per heavy atom. The molecule has 0 bridgehead atoms. The van der Waals surface area contributed by atoms with Gasteiger partial charge in [0, 0.05) is 38.6 Å². The fourth-order valence-electron chi connectivity index (χ4n) is 6.80. The van der Waals surface area contributed by atoms with Crippen LogP contribution in [-0.4, -0.2) is 12.5 Å². The molecule has 178 valence electrons. The summed E-state index contributed by atoms with van der Waals surface area (Å²) in [4.78, 5) is 2.51. The van der Waals surface area contributed by atoms with E-state index in [2.05, 4.69) is 133 Å². The van der Waals surface area contributed by atoms with Gasteiger partial charge in [-0.15, -0.1) is 0 Å². The van der Waals surface area contributed by atoms with Crippen LogP contribution in [0.1, 0.15) is 11.1 Å². The van der Waals surface area contributed by atoms with Crippen molar-refractivity contribution in [2.45, 2.75) is 26.9 Å². The van der Waals surface area contributed by atoms with E-state index in [9.17, 15) is 0 Å². The van der Waals surface area contributed by atoms with Gasteiger partial charge in [-0.3, -0.25) is 0 Å². The Kier molecular flexibility index (Phi) is 3.99. The molecule has 0 saturated carbocycles. The van der Waals surface area contributed by atoms with Crippen molar-refractivity contribution >= 4 is 73.6 Å². The second-order valence-corrected chi connectivity index (χ2v) is 15.6. The molecule has 0 spiro atoms. The van der Waals surface area contributed by atoms with E-state index >= 15 is 0 Å². The number of para-hydroxylation sites is 2. The number of benzene rings is 5. The lowest BCUT2D eigenvalue weighted by Gasteiger charge is -2.41. The Balaban J connectivity index is 1.48. The van der Waals surface area contributed by atoms with Crippen molar-refractivity contribution in [1.82, 2.24) is 4.40 Å². The Bertz CT molecular complexity index is 1990. The van der Waals surface area contributed by atoms with Crippen molar-refractivity contribution in [3.63, 3.8) is 0 Å². The van der Waals surface area contributed by atoms with E-state index in [0.717, 1.165) is 0 Å². The first kappa shape index (κ1) is 21.0. The second-order valence-electron chi connectivity index (χ2n) is 11.3. The van der Waals surface area contributed by atoms with Gasteiger partial charge in [0.1, 0.15) is 8.07 Å². The van der Waals surface area contributed by atoms with Crippen LogP contribution in [0.5, 0.6) is 0 Å². The maximum absolute atomic E-state index is 2.51. The lowest BCUT2D eigenvalue weighted by atomic mass is 10.1. The number of aromatic nitrogens is 1. The lowest BCUT2D eigenvalue weighted by molar-refractivity contribution is 1.27. The molecule has 0 radical (unpaired) electrons. The van der Waals surface area contributed by atoms with Gasteiger partial charge in [0.2, 0.25) is 0 Å². The molecular weight excluding hydrogens is 464 g/mol. The van der Waals surface area contributed by atoms with Gasteiger partial charge >= 0.3 is 0 Å². The van der Waals surface area contributed by atoms with Crippen molar-refractivity contribution in [3.8, 4) is 0 Å². The molecule has 8 rings (SSSR count). The van der Waals surface area contributed by atoms with Gasteiger partial charge in [0.25, 0.3) is 0 Å². The quantitative estimate of drug-likeness (QED) is 0.210. The zero-order chi connectivity index (χ0) is 25.1. The zero-order valence-electron chi connectivity index (χ0n) is 21.6. The normalized spacial score (nSPS) is 14.6. The van der Waals surface area contributed by atoms with Gasteiger partial charge in [0.15, 0.2) is 0 Å². The van der Waals surface area contributed by atoms with E-state index < -0.39 is 8.07 Å². The predicted molar refractivity (Wildman–Crippen MR) is 162 cm³/mol. The largest absolute Gasteiger partial charge is 0.311 e. The van der Waals surface area contributed by atoms with Crippen molar-refractivity contribution < 1.29 is 0 Å². The third-order valence-electron chi connectivity index (χ3n) is 8.60. The first-order chi connectivity index (χ1) is 17.9. The number of fused-ring (bicyclic) bond motifs is 8. The first-order valence-electron chi connectivity index (χ1n) is 13.1. The minimum absolute atomic E-state index is 1.22. The van der Waals surface area contributed by atoms with Gasteiger partial charge in [-0.2, -0.15) is 0 Å². The maximum atomic E-state index is 2.51. The van der Waals surface area contributed by atoms with Crippen LogP contribution in [0.15, 0.2) is 97.1 Å². The monoisotopic (exact) mass is 492 g/mol. The molecule has 3 heteroatoms. The van der Waals surface area contributed by atoms with E-state index in [-0.39, 0.29) is 0 Å². The van der Waals surface area contributed by atoms with Crippen LogP contribution in [0.25, 0.3) is 38.1 Å². The van der Waals surface area contributed by atoms with Crippen molar-refractivity contribution in [2.24, 2.45) is 0 Å². The third kappa shape index (κ3) is 2.65. The number of hydrogen-bond acceptors (Lipinski definition) is 1. The van der Waals surface area contributed by atoms with E-state index in [0.29, 0.717) is 0 Å². The summed E-state index contributed by atoms with van der Waals surface area (Å²) in [7, 11) is -1.85. The molecule has 0 aliphatic carbocycles. The molecule has 0 saturated heterocycles. The SMILES string of the molecule is Cc1ccc2c(c1)[Si](C)(C)c1cc(C)ccc1N2c1ccc2c3cccc4c5ccccc5n(c2c1)c43. The maximum Gasteiger partial charge on any atom is 0.117 e. The van der Waals surface area contributed by atoms with Crippen LogP contribution in [-0.2, 0) is 0 Å². The summed E-state index contributed by atoms with van der Waals surface area (Å²) in [6, 6.07) is 36.7. The summed E-state index contributed by atoms with van der Waals surface area (Å²) >= 11 is 0. The molecule has 37 heavy (non-hydrogen) atoms. The topological polar surface area (TPSA) is 7.65 Å². The molecule has 1 aliphatic heterocycles. The molecule has 0 N–H and O–H groups in total. The number of nitrogens with zero attached hydrogens (tertiary/aromatic N) is 2. The minimum Gasteiger partial charge on any atom is -0.311 e. The van der Waals surface area contributed by atoms with Gasteiger partial charge in [-0.05, 0) is 54.6 Å². The fourth-order valence-corrected chi connectivity index (χ4v) is 9.94. The molecule has 1 aliphatic rings. The number of anilines is 3. The molecular formula is C34H28N2Si. The van der Waals surface area contributed by atoms with Gasteiger partial charge in [0.05, 0.1) is 16.6 Å². The summed E-state index contributed by atoms with van der Waals surface area (Å²) in [5.41, 5.74) is 10.4. The Morgan fingerprint density at radius 3 is 1.81 bits per heavy atom.